The first-order chi connectivity index (χ1) is 14.6. The molecular weight excluding hydrogens is 390 g/mol. The van der Waals surface area contributed by atoms with Crippen molar-refractivity contribution in [3.63, 3.8) is 0 Å². The zero-order valence-corrected chi connectivity index (χ0v) is 18.3. The first-order valence-corrected chi connectivity index (χ1v) is 10.2. The van der Waals surface area contributed by atoms with Gasteiger partial charge in [-0.3, -0.25) is 10.1 Å². The predicted molar refractivity (Wildman–Crippen MR) is 122 cm³/mol. The van der Waals surface area contributed by atoms with E-state index in [1.807, 2.05) is 67.6 Å². The highest BCUT2D eigenvalue weighted by Crippen LogP contribution is 2.27. The van der Waals surface area contributed by atoms with E-state index >= 15 is 0 Å². The molecule has 31 heavy (non-hydrogen) atoms. The topological polar surface area (TPSA) is 102 Å². The van der Waals surface area contributed by atoms with Crippen molar-refractivity contribution in [1.29, 1.82) is 0 Å². The number of carbonyl (C=O) groups excluding carboxylic acids is 2. The summed E-state index contributed by atoms with van der Waals surface area (Å²) in [6.45, 7) is 8.11. The third-order valence-corrected chi connectivity index (χ3v) is 4.90. The van der Waals surface area contributed by atoms with Gasteiger partial charge in [0.1, 0.15) is 5.82 Å². The molecule has 3 amide bonds. The summed E-state index contributed by atoms with van der Waals surface area (Å²) in [4.78, 5) is 24.0. The number of hydrogen-bond acceptors (Lipinski definition) is 3. The summed E-state index contributed by atoms with van der Waals surface area (Å²) in [6, 6.07) is 18.5. The fourth-order valence-corrected chi connectivity index (χ4v) is 3.21. The Bertz CT molecular complexity index is 1070. The third-order valence-electron chi connectivity index (χ3n) is 4.90. The fraction of sp³-hybridized carbons (Fsp3) is 0.292. The molecule has 0 aliphatic rings. The number of carbonyl (C=O) groups is 2. The van der Waals surface area contributed by atoms with E-state index in [9.17, 15) is 9.59 Å². The number of nitrogens with two attached hydrogens (primary N) is 1. The minimum absolute atomic E-state index is 0.138. The smallest absolute Gasteiger partial charge is 0.320 e. The number of nitrogens with zero attached hydrogens (tertiary/aromatic N) is 2. The molecule has 0 aliphatic carbocycles. The van der Waals surface area contributed by atoms with Crippen molar-refractivity contribution >= 4 is 17.8 Å². The minimum atomic E-state index is -0.402. The van der Waals surface area contributed by atoms with Crippen LogP contribution in [-0.4, -0.2) is 21.7 Å². The first-order valence-electron chi connectivity index (χ1n) is 10.2. The highest BCUT2D eigenvalue weighted by molar-refractivity contribution is 5.89. The zero-order valence-electron chi connectivity index (χ0n) is 18.3. The lowest BCUT2D eigenvalue weighted by atomic mass is 9.92. The number of rotatable bonds is 6. The molecule has 3 aromatic rings. The van der Waals surface area contributed by atoms with E-state index in [1.54, 1.807) is 4.68 Å². The Morgan fingerprint density at radius 1 is 1.06 bits per heavy atom. The van der Waals surface area contributed by atoms with Gasteiger partial charge in [0, 0.05) is 11.5 Å². The van der Waals surface area contributed by atoms with Gasteiger partial charge < -0.3 is 11.1 Å². The lowest BCUT2D eigenvalue weighted by Gasteiger charge is -2.15. The Balaban J connectivity index is 1.88. The average molecular weight is 420 g/mol. The summed E-state index contributed by atoms with van der Waals surface area (Å²) < 4.78 is 1.68. The molecule has 0 fully saturated rings. The molecule has 7 heteroatoms. The van der Waals surface area contributed by atoms with Gasteiger partial charge in [-0.25, -0.2) is 9.48 Å². The summed E-state index contributed by atoms with van der Waals surface area (Å²) in [7, 11) is 0. The van der Waals surface area contributed by atoms with Crippen LogP contribution < -0.4 is 16.4 Å². The molecule has 2 aromatic carbocycles. The van der Waals surface area contributed by atoms with Crippen molar-refractivity contribution in [3.8, 4) is 5.69 Å². The van der Waals surface area contributed by atoms with E-state index in [0.29, 0.717) is 5.82 Å². The van der Waals surface area contributed by atoms with Gasteiger partial charge in [0.15, 0.2) is 0 Å². The Labute approximate surface area is 182 Å². The SMILES string of the molecule is CC(NC(=O)Nc1cc(C(C)(C)C)nn1-c1cccc(CC(N)=O)c1)c1ccccc1. The van der Waals surface area contributed by atoms with Gasteiger partial charge in [-0.15, -0.1) is 0 Å². The molecule has 1 unspecified atom stereocenters. The van der Waals surface area contributed by atoms with Gasteiger partial charge in [0.2, 0.25) is 5.91 Å². The normalized spacial score (nSPS) is 12.3. The van der Waals surface area contributed by atoms with E-state index in [-0.39, 0.29) is 23.9 Å². The maximum Gasteiger partial charge on any atom is 0.320 e. The second kappa shape index (κ2) is 9.04. The summed E-state index contributed by atoms with van der Waals surface area (Å²) >= 11 is 0. The van der Waals surface area contributed by atoms with Crippen LogP contribution in [0, 0.1) is 0 Å². The van der Waals surface area contributed by atoms with E-state index in [4.69, 9.17) is 10.8 Å². The number of aromatic nitrogens is 2. The van der Waals surface area contributed by atoms with Crippen LogP contribution in [0.25, 0.3) is 5.69 Å². The third kappa shape index (κ3) is 5.72. The average Bonchev–Trinajstić information content (AvgIpc) is 3.12. The van der Waals surface area contributed by atoms with Crippen LogP contribution in [0.3, 0.4) is 0 Å². The number of amides is 3. The molecule has 1 heterocycles. The molecule has 0 radical (unpaired) electrons. The highest BCUT2D eigenvalue weighted by atomic mass is 16.2. The molecule has 0 spiro atoms. The van der Waals surface area contributed by atoms with Crippen LogP contribution >= 0.6 is 0 Å². The fourth-order valence-electron chi connectivity index (χ4n) is 3.21. The first kappa shape index (κ1) is 22.1. The number of nitrogens with one attached hydrogen (secondary N) is 2. The van der Waals surface area contributed by atoms with Crippen LogP contribution in [0.2, 0.25) is 0 Å². The Morgan fingerprint density at radius 3 is 2.42 bits per heavy atom. The van der Waals surface area contributed by atoms with Crippen LogP contribution in [0.4, 0.5) is 10.6 Å². The maximum atomic E-state index is 12.7. The van der Waals surface area contributed by atoms with E-state index < -0.39 is 5.91 Å². The van der Waals surface area contributed by atoms with Gasteiger partial charge in [0.05, 0.1) is 23.8 Å². The quantitative estimate of drug-likeness (QED) is 0.561. The van der Waals surface area contributed by atoms with Crippen LogP contribution in [0.1, 0.15) is 50.6 Å². The molecule has 162 valence electrons. The maximum absolute atomic E-state index is 12.7. The van der Waals surface area contributed by atoms with Crippen molar-refractivity contribution in [1.82, 2.24) is 15.1 Å². The van der Waals surface area contributed by atoms with Crippen molar-refractivity contribution in [3.05, 3.63) is 77.5 Å². The molecule has 0 saturated carbocycles. The van der Waals surface area contributed by atoms with Gasteiger partial charge in [-0.2, -0.15) is 5.10 Å². The number of hydrogen-bond donors (Lipinski definition) is 3. The Kier molecular flexibility index (Phi) is 6.44. The molecule has 1 atom stereocenters. The second-order valence-electron chi connectivity index (χ2n) is 8.62. The number of urea groups is 1. The van der Waals surface area contributed by atoms with E-state index in [1.165, 1.54) is 0 Å². The molecule has 1 aromatic heterocycles. The highest BCUT2D eigenvalue weighted by Gasteiger charge is 2.22. The number of primary amides is 1. The molecule has 7 nitrogen and oxygen atoms in total. The lowest BCUT2D eigenvalue weighted by molar-refractivity contribution is -0.117. The predicted octanol–water partition coefficient (Wildman–Crippen LogP) is 4.08. The molecule has 3 rings (SSSR count). The lowest BCUT2D eigenvalue weighted by Crippen LogP contribution is -2.31. The summed E-state index contributed by atoms with van der Waals surface area (Å²) in [5.41, 5.74) is 8.50. The van der Waals surface area contributed by atoms with Crippen LogP contribution in [0.15, 0.2) is 60.7 Å². The summed E-state index contributed by atoms with van der Waals surface area (Å²) in [5.74, 6) is 0.138. The minimum Gasteiger partial charge on any atom is -0.369 e. The number of benzene rings is 2. The molecular formula is C24H29N5O2. The number of anilines is 1. The molecule has 4 N–H and O–H groups in total. The molecule has 0 bridgehead atoms. The molecule has 0 aliphatic heterocycles. The van der Waals surface area contributed by atoms with Crippen LogP contribution in [0.5, 0.6) is 0 Å². The van der Waals surface area contributed by atoms with E-state index in [2.05, 4.69) is 31.4 Å². The Hall–Kier alpha value is -3.61. The Morgan fingerprint density at radius 2 is 1.77 bits per heavy atom. The van der Waals surface area contributed by atoms with Crippen molar-refractivity contribution in [2.75, 3.05) is 5.32 Å². The van der Waals surface area contributed by atoms with Crippen LogP contribution in [-0.2, 0) is 16.6 Å². The zero-order chi connectivity index (χ0) is 22.6. The van der Waals surface area contributed by atoms with Gasteiger partial charge >= 0.3 is 6.03 Å². The standard InChI is InChI=1S/C24H29N5O2/c1-16(18-10-6-5-7-11-18)26-23(31)27-22-15-20(24(2,3)4)28-29(22)19-12-8-9-17(13-19)14-21(25)30/h5-13,15-16H,14H2,1-4H3,(H2,25,30)(H2,26,27,31). The van der Waals surface area contributed by atoms with Crippen molar-refractivity contribution < 1.29 is 9.59 Å². The summed E-state index contributed by atoms with van der Waals surface area (Å²) in [5, 5.41) is 10.6. The molecule has 0 saturated heterocycles. The summed E-state index contributed by atoms with van der Waals surface area (Å²) in [6.07, 6.45) is 0.138. The van der Waals surface area contributed by atoms with E-state index in [0.717, 1.165) is 22.5 Å². The second-order valence-corrected chi connectivity index (χ2v) is 8.62. The van der Waals surface area contributed by atoms with Gasteiger partial charge in [-0.1, -0.05) is 63.2 Å². The largest absolute Gasteiger partial charge is 0.369 e. The monoisotopic (exact) mass is 419 g/mol. The van der Waals surface area contributed by atoms with Gasteiger partial charge in [-0.05, 0) is 30.2 Å². The van der Waals surface area contributed by atoms with Crippen molar-refractivity contribution in [2.24, 2.45) is 5.73 Å². The van der Waals surface area contributed by atoms with Gasteiger partial charge in [0.25, 0.3) is 0 Å². The van der Waals surface area contributed by atoms with Crippen molar-refractivity contribution in [2.45, 2.75) is 45.6 Å².